The largest absolute Gasteiger partial charge is 0.379 e. The van der Waals surface area contributed by atoms with E-state index in [9.17, 15) is 0 Å². The molecule has 1 N–H and O–H groups in total. The third kappa shape index (κ3) is 3.28. The van der Waals surface area contributed by atoms with Crippen molar-refractivity contribution in [3.63, 3.8) is 0 Å². The van der Waals surface area contributed by atoms with E-state index in [1.54, 1.807) is 6.20 Å². The lowest BCUT2D eigenvalue weighted by Crippen LogP contribution is -2.45. The van der Waals surface area contributed by atoms with Crippen LogP contribution in [0.2, 0.25) is 0 Å². The zero-order valence-corrected chi connectivity index (χ0v) is 10.2. The van der Waals surface area contributed by atoms with E-state index < -0.39 is 0 Å². The van der Waals surface area contributed by atoms with Crippen molar-refractivity contribution in [2.75, 3.05) is 26.3 Å². The van der Waals surface area contributed by atoms with Gasteiger partial charge < -0.3 is 10.2 Å². The van der Waals surface area contributed by atoms with Gasteiger partial charge in [0.25, 0.3) is 0 Å². The average Bonchev–Trinajstić information content (AvgIpc) is 2.40. The van der Waals surface area contributed by atoms with Crippen LogP contribution in [0.25, 0.3) is 0 Å². The number of aromatic nitrogens is 1. The van der Waals surface area contributed by atoms with E-state index in [1.165, 1.54) is 5.56 Å². The van der Waals surface area contributed by atoms with Crippen molar-refractivity contribution in [1.29, 1.82) is 0 Å². The van der Waals surface area contributed by atoms with Crippen molar-refractivity contribution >= 4 is 0 Å². The molecule has 0 aromatic carbocycles. The van der Waals surface area contributed by atoms with Crippen LogP contribution < -0.4 is 5.43 Å². The number of allylic oxidation sites excluding steroid dienone is 1. The molecule has 0 spiro atoms. The third-order valence-corrected chi connectivity index (χ3v) is 3.02. The van der Waals surface area contributed by atoms with Crippen LogP contribution >= 0.6 is 0 Å². The molecular weight excluding hydrogens is 214 g/mol. The van der Waals surface area contributed by atoms with Gasteiger partial charge in [-0.2, -0.15) is 0 Å². The Morgan fingerprint density at radius 1 is 1.53 bits per heavy atom. The second-order valence-electron chi connectivity index (χ2n) is 4.24. The SMILES string of the molecule is C=C(NN1CCOCC1)C(C)c1cccnc1. The summed E-state index contributed by atoms with van der Waals surface area (Å²) in [6.45, 7) is 9.60. The molecule has 0 saturated carbocycles. The van der Waals surface area contributed by atoms with E-state index in [1.807, 2.05) is 12.3 Å². The number of nitrogens with zero attached hydrogens (tertiary/aromatic N) is 2. The number of nitrogens with one attached hydrogen (secondary N) is 1. The van der Waals surface area contributed by atoms with E-state index in [0.29, 0.717) is 0 Å². The van der Waals surface area contributed by atoms with Crippen molar-refractivity contribution in [2.24, 2.45) is 0 Å². The zero-order valence-electron chi connectivity index (χ0n) is 10.2. The van der Waals surface area contributed by atoms with Gasteiger partial charge >= 0.3 is 0 Å². The number of hydrazine groups is 1. The van der Waals surface area contributed by atoms with Crippen LogP contribution in [0.1, 0.15) is 18.4 Å². The van der Waals surface area contributed by atoms with Crippen LogP contribution in [0.3, 0.4) is 0 Å². The first-order valence-electron chi connectivity index (χ1n) is 5.95. The molecule has 0 bridgehead atoms. The normalized spacial score (nSPS) is 18.6. The highest BCUT2D eigenvalue weighted by molar-refractivity contribution is 5.22. The van der Waals surface area contributed by atoms with Gasteiger partial charge in [-0.05, 0) is 11.6 Å². The molecule has 2 rings (SSSR count). The molecule has 4 nitrogen and oxygen atoms in total. The van der Waals surface area contributed by atoms with Crippen molar-refractivity contribution in [1.82, 2.24) is 15.4 Å². The van der Waals surface area contributed by atoms with Gasteiger partial charge in [-0.15, -0.1) is 0 Å². The minimum Gasteiger partial charge on any atom is -0.379 e. The summed E-state index contributed by atoms with van der Waals surface area (Å²) in [6, 6.07) is 4.03. The molecule has 17 heavy (non-hydrogen) atoms. The van der Waals surface area contributed by atoms with Crippen LogP contribution in [0.4, 0.5) is 0 Å². The highest BCUT2D eigenvalue weighted by Crippen LogP contribution is 2.19. The molecule has 1 saturated heterocycles. The molecule has 1 aromatic rings. The lowest BCUT2D eigenvalue weighted by molar-refractivity contribution is 0.0177. The van der Waals surface area contributed by atoms with Crippen LogP contribution in [0.5, 0.6) is 0 Å². The second kappa shape index (κ2) is 5.80. The number of pyridine rings is 1. The molecule has 1 aliphatic rings. The van der Waals surface area contributed by atoms with Crippen molar-refractivity contribution in [3.05, 3.63) is 42.4 Å². The Morgan fingerprint density at radius 3 is 2.94 bits per heavy atom. The summed E-state index contributed by atoms with van der Waals surface area (Å²) in [5.41, 5.74) is 5.53. The smallest absolute Gasteiger partial charge is 0.0612 e. The minimum atomic E-state index is 0.256. The van der Waals surface area contributed by atoms with Gasteiger partial charge in [0.15, 0.2) is 0 Å². The first-order valence-corrected chi connectivity index (χ1v) is 5.95. The van der Waals surface area contributed by atoms with Crippen molar-refractivity contribution < 1.29 is 4.74 Å². The molecule has 1 aromatic heterocycles. The fraction of sp³-hybridized carbons (Fsp3) is 0.462. The maximum atomic E-state index is 5.31. The predicted molar refractivity (Wildman–Crippen MR) is 67.3 cm³/mol. The molecule has 1 atom stereocenters. The average molecular weight is 233 g/mol. The predicted octanol–water partition coefficient (Wildman–Crippen LogP) is 1.54. The number of morpholine rings is 1. The topological polar surface area (TPSA) is 37.4 Å². The van der Waals surface area contributed by atoms with E-state index in [4.69, 9.17) is 4.74 Å². The van der Waals surface area contributed by atoms with E-state index >= 15 is 0 Å². The van der Waals surface area contributed by atoms with Crippen LogP contribution in [-0.4, -0.2) is 36.3 Å². The molecule has 0 aliphatic carbocycles. The summed E-state index contributed by atoms with van der Waals surface area (Å²) in [5, 5.41) is 2.15. The fourth-order valence-corrected chi connectivity index (χ4v) is 1.81. The fourth-order valence-electron chi connectivity index (χ4n) is 1.81. The van der Waals surface area contributed by atoms with Crippen LogP contribution in [0, 0.1) is 0 Å². The summed E-state index contributed by atoms with van der Waals surface area (Å²) < 4.78 is 5.31. The molecule has 1 aliphatic heterocycles. The number of hydrogen-bond donors (Lipinski definition) is 1. The Kier molecular flexibility index (Phi) is 4.12. The lowest BCUT2D eigenvalue weighted by Gasteiger charge is -2.30. The quantitative estimate of drug-likeness (QED) is 0.856. The first-order chi connectivity index (χ1) is 8.27. The van der Waals surface area contributed by atoms with Gasteiger partial charge in [-0.1, -0.05) is 19.6 Å². The maximum absolute atomic E-state index is 5.31. The Bertz CT molecular complexity index is 360. The van der Waals surface area contributed by atoms with Gasteiger partial charge in [0.1, 0.15) is 0 Å². The van der Waals surface area contributed by atoms with Crippen LogP contribution in [0.15, 0.2) is 36.8 Å². The Hall–Kier alpha value is -1.39. The minimum absolute atomic E-state index is 0.256. The first kappa shape index (κ1) is 12.1. The molecule has 1 unspecified atom stereocenters. The summed E-state index contributed by atoms with van der Waals surface area (Å²) >= 11 is 0. The van der Waals surface area contributed by atoms with Gasteiger partial charge in [0.2, 0.25) is 0 Å². The van der Waals surface area contributed by atoms with E-state index in [2.05, 4.69) is 35.0 Å². The van der Waals surface area contributed by atoms with E-state index in [-0.39, 0.29) is 5.92 Å². The summed E-state index contributed by atoms with van der Waals surface area (Å²) in [7, 11) is 0. The summed E-state index contributed by atoms with van der Waals surface area (Å²) in [4.78, 5) is 4.13. The summed E-state index contributed by atoms with van der Waals surface area (Å²) in [6.07, 6.45) is 3.67. The Balaban J connectivity index is 1.91. The highest BCUT2D eigenvalue weighted by Gasteiger charge is 2.14. The van der Waals surface area contributed by atoms with E-state index in [0.717, 1.165) is 32.0 Å². The molecule has 0 radical (unpaired) electrons. The van der Waals surface area contributed by atoms with Gasteiger partial charge in [-0.3, -0.25) is 4.98 Å². The molecule has 1 fully saturated rings. The number of hydrogen-bond acceptors (Lipinski definition) is 4. The summed E-state index contributed by atoms with van der Waals surface area (Å²) in [5.74, 6) is 0.256. The molecule has 2 heterocycles. The zero-order chi connectivity index (χ0) is 12.1. The third-order valence-electron chi connectivity index (χ3n) is 3.02. The molecular formula is C13H19N3O. The molecule has 92 valence electrons. The monoisotopic (exact) mass is 233 g/mol. The van der Waals surface area contributed by atoms with Gasteiger partial charge in [-0.25, -0.2) is 5.01 Å². The van der Waals surface area contributed by atoms with Crippen molar-refractivity contribution in [3.8, 4) is 0 Å². The standard InChI is InChI=1S/C13H19N3O/c1-11(13-4-3-5-14-10-13)12(2)15-16-6-8-17-9-7-16/h3-5,10-11,15H,2,6-9H2,1H3. The Labute approximate surface area is 102 Å². The van der Waals surface area contributed by atoms with Crippen LogP contribution in [-0.2, 0) is 4.74 Å². The number of rotatable bonds is 4. The molecule has 0 amide bonds. The van der Waals surface area contributed by atoms with Gasteiger partial charge in [0.05, 0.1) is 13.2 Å². The molecule has 4 heteroatoms. The Morgan fingerprint density at radius 2 is 2.29 bits per heavy atom. The second-order valence-corrected chi connectivity index (χ2v) is 4.24. The van der Waals surface area contributed by atoms with Gasteiger partial charge in [0, 0.05) is 37.1 Å². The maximum Gasteiger partial charge on any atom is 0.0612 e. The highest BCUT2D eigenvalue weighted by atomic mass is 16.5. The van der Waals surface area contributed by atoms with Crippen molar-refractivity contribution in [2.45, 2.75) is 12.8 Å². The lowest BCUT2D eigenvalue weighted by atomic mass is 10.0. The number of ether oxygens (including phenoxy) is 1.